The molecular formula is C10H20N4. The van der Waals surface area contributed by atoms with Crippen molar-refractivity contribution in [2.45, 2.75) is 25.8 Å². The summed E-state index contributed by atoms with van der Waals surface area (Å²) in [4.78, 5) is 6.81. The van der Waals surface area contributed by atoms with E-state index in [4.69, 9.17) is 5.73 Å². The van der Waals surface area contributed by atoms with Crippen molar-refractivity contribution in [1.82, 2.24) is 10.2 Å². The molecule has 80 valence electrons. The largest absolute Gasteiger partial charge is 0.354 e. The van der Waals surface area contributed by atoms with Crippen LogP contribution in [0.4, 0.5) is 0 Å². The number of likely N-dealkylation sites (tertiary alicyclic amines) is 1. The number of hydrogen-bond donors (Lipinski definition) is 2. The lowest BCUT2D eigenvalue weighted by Gasteiger charge is -2.39. The van der Waals surface area contributed by atoms with E-state index in [1.807, 2.05) is 0 Å². The average Bonchev–Trinajstić information content (AvgIpc) is 2.70. The van der Waals surface area contributed by atoms with E-state index in [1.165, 1.54) is 12.8 Å². The lowest BCUT2D eigenvalue weighted by Crippen LogP contribution is -2.52. The Morgan fingerprint density at radius 3 is 3.14 bits per heavy atom. The quantitative estimate of drug-likeness (QED) is 0.621. The number of aliphatic imine (C=N–C) groups is 1. The van der Waals surface area contributed by atoms with Crippen LogP contribution in [-0.4, -0.2) is 43.1 Å². The van der Waals surface area contributed by atoms with Crippen molar-refractivity contribution in [1.29, 1.82) is 0 Å². The van der Waals surface area contributed by atoms with Gasteiger partial charge in [-0.1, -0.05) is 6.92 Å². The fourth-order valence-corrected chi connectivity index (χ4v) is 2.33. The normalized spacial score (nSPS) is 32.7. The smallest absolute Gasteiger partial charge is 0.194 e. The fraction of sp³-hybridized carbons (Fsp3) is 0.900. The third-order valence-electron chi connectivity index (χ3n) is 3.18. The SMILES string of the molecule is CC1CCN(C2=NCCN2)C(CN)C1. The van der Waals surface area contributed by atoms with E-state index < -0.39 is 0 Å². The number of nitrogens with one attached hydrogen (secondary N) is 1. The molecule has 2 aliphatic rings. The third kappa shape index (κ3) is 1.85. The van der Waals surface area contributed by atoms with Gasteiger partial charge in [0.25, 0.3) is 0 Å². The third-order valence-corrected chi connectivity index (χ3v) is 3.18. The first-order valence-corrected chi connectivity index (χ1v) is 5.56. The molecule has 2 unspecified atom stereocenters. The molecule has 0 aromatic carbocycles. The molecule has 0 spiro atoms. The second-order valence-corrected chi connectivity index (χ2v) is 4.34. The van der Waals surface area contributed by atoms with Gasteiger partial charge in [-0.2, -0.15) is 0 Å². The lowest BCUT2D eigenvalue weighted by atomic mass is 9.93. The van der Waals surface area contributed by atoms with Gasteiger partial charge in [-0.05, 0) is 18.8 Å². The number of rotatable bonds is 1. The molecular weight excluding hydrogens is 176 g/mol. The van der Waals surface area contributed by atoms with Gasteiger partial charge in [0.1, 0.15) is 0 Å². The van der Waals surface area contributed by atoms with Crippen molar-refractivity contribution in [3.05, 3.63) is 0 Å². The molecule has 0 aromatic rings. The van der Waals surface area contributed by atoms with E-state index >= 15 is 0 Å². The van der Waals surface area contributed by atoms with Gasteiger partial charge in [-0.15, -0.1) is 0 Å². The highest BCUT2D eigenvalue weighted by Crippen LogP contribution is 2.22. The maximum atomic E-state index is 5.80. The molecule has 0 aromatic heterocycles. The molecule has 2 rings (SSSR count). The number of nitrogens with zero attached hydrogens (tertiary/aromatic N) is 2. The molecule has 0 saturated carbocycles. The van der Waals surface area contributed by atoms with Crippen LogP contribution in [0, 0.1) is 5.92 Å². The average molecular weight is 196 g/mol. The van der Waals surface area contributed by atoms with Crippen molar-refractivity contribution < 1.29 is 0 Å². The van der Waals surface area contributed by atoms with Crippen molar-refractivity contribution in [2.75, 3.05) is 26.2 Å². The molecule has 14 heavy (non-hydrogen) atoms. The number of guanidine groups is 1. The van der Waals surface area contributed by atoms with Crippen LogP contribution in [0.2, 0.25) is 0 Å². The molecule has 0 bridgehead atoms. The minimum atomic E-state index is 0.489. The Labute approximate surface area is 85.6 Å². The molecule has 0 radical (unpaired) electrons. The summed E-state index contributed by atoms with van der Waals surface area (Å²) in [6, 6.07) is 0.489. The van der Waals surface area contributed by atoms with E-state index in [1.54, 1.807) is 0 Å². The van der Waals surface area contributed by atoms with Gasteiger partial charge in [0.2, 0.25) is 0 Å². The van der Waals surface area contributed by atoms with E-state index in [2.05, 4.69) is 22.1 Å². The molecule has 3 N–H and O–H groups in total. The molecule has 4 heteroatoms. The van der Waals surface area contributed by atoms with Crippen LogP contribution >= 0.6 is 0 Å². The zero-order chi connectivity index (χ0) is 9.97. The zero-order valence-electron chi connectivity index (χ0n) is 8.87. The lowest BCUT2D eigenvalue weighted by molar-refractivity contribution is 0.197. The summed E-state index contributed by atoms with van der Waals surface area (Å²) >= 11 is 0. The molecule has 2 atom stereocenters. The highest BCUT2D eigenvalue weighted by molar-refractivity contribution is 5.81. The fourth-order valence-electron chi connectivity index (χ4n) is 2.33. The van der Waals surface area contributed by atoms with Crippen LogP contribution in [0.15, 0.2) is 4.99 Å². The Morgan fingerprint density at radius 1 is 1.64 bits per heavy atom. The van der Waals surface area contributed by atoms with E-state index in [9.17, 15) is 0 Å². The Morgan fingerprint density at radius 2 is 2.50 bits per heavy atom. The monoisotopic (exact) mass is 196 g/mol. The summed E-state index contributed by atoms with van der Waals surface area (Å²) in [5.41, 5.74) is 5.80. The van der Waals surface area contributed by atoms with Crippen LogP contribution in [0.25, 0.3) is 0 Å². The molecule has 2 aliphatic heterocycles. The van der Waals surface area contributed by atoms with Gasteiger partial charge >= 0.3 is 0 Å². The van der Waals surface area contributed by atoms with Gasteiger partial charge in [-0.25, -0.2) is 0 Å². The molecule has 0 aliphatic carbocycles. The van der Waals surface area contributed by atoms with Crippen molar-refractivity contribution in [2.24, 2.45) is 16.6 Å². The first-order chi connectivity index (χ1) is 6.81. The summed E-state index contributed by atoms with van der Waals surface area (Å²) in [5, 5.41) is 3.33. The van der Waals surface area contributed by atoms with Gasteiger partial charge in [-0.3, -0.25) is 4.99 Å². The number of piperidine rings is 1. The van der Waals surface area contributed by atoms with E-state index in [0.717, 1.165) is 38.1 Å². The number of nitrogens with two attached hydrogens (primary N) is 1. The first-order valence-electron chi connectivity index (χ1n) is 5.56. The highest BCUT2D eigenvalue weighted by atomic mass is 15.3. The topological polar surface area (TPSA) is 53.6 Å². The second-order valence-electron chi connectivity index (χ2n) is 4.34. The maximum absolute atomic E-state index is 5.80. The van der Waals surface area contributed by atoms with Crippen LogP contribution in [0.1, 0.15) is 19.8 Å². The molecule has 0 amide bonds. The van der Waals surface area contributed by atoms with Crippen LogP contribution < -0.4 is 11.1 Å². The number of hydrogen-bond acceptors (Lipinski definition) is 4. The maximum Gasteiger partial charge on any atom is 0.194 e. The van der Waals surface area contributed by atoms with Crippen LogP contribution in [0.3, 0.4) is 0 Å². The Kier molecular flexibility index (Phi) is 2.91. The summed E-state index contributed by atoms with van der Waals surface area (Å²) in [7, 11) is 0. The van der Waals surface area contributed by atoms with Crippen molar-refractivity contribution in [3.8, 4) is 0 Å². The Bertz CT molecular complexity index is 226. The Hall–Kier alpha value is -0.770. The summed E-state index contributed by atoms with van der Waals surface area (Å²) in [6.45, 7) is 6.06. The molecule has 2 heterocycles. The predicted octanol–water partition coefficient (Wildman–Crippen LogP) is 0.00480. The molecule has 1 fully saturated rings. The molecule has 4 nitrogen and oxygen atoms in total. The predicted molar refractivity (Wildman–Crippen MR) is 58.3 cm³/mol. The van der Waals surface area contributed by atoms with Gasteiger partial charge < -0.3 is 16.0 Å². The first kappa shape index (κ1) is 9.77. The van der Waals surface area contributed by atoms with Gasteiger partial charge in [0, 0.05) is 25.7 Å². The second kappa shape index (κ2) is 4.17. The van der Waals surface area contributed by atoms with Crippen LogP contribution in [0.5, 0.6) is 0 Å². The van der Waals surface area contributed by atoms with Crippen molar-refractivity contribution >= 4 is 5.96 Å². The summed E-state index contributed by atoms with van der Waals surface area (Å²) in [5.74, 6) is 1.88. The van der Waals surface area contributed by atoms with Gasteiger partial charge in [0.15, 0.2) is 5.96 Å². The van der Waals surface area contributed by atoms with Gasteiger partial charge in [0.05, 0.1) is 6.54 Å². The van der Waals surface area contributed by atoms with E-state index in [0.29, 0.717) is 6.04 Å². The highest BCUT2D eigenvalue weighted by Gasteiger charge is 2.28. The summed E-state index contributed by atoms with van der Waals surface area (Å²) in [6.07, 6.45) is 2.47. The standard InChI is InChI=1S/C10H20N4/c1-8-2-5-14(9(6-8)7-11)10-12-3-4-13-10/h8-9H,2-7,11H2,1H3,(H,12,13). The van der Waals surface area contributed by atoms with E-state index in [-0.39, 0.29) is 0 Å². The van der Waals surface area contributed by atoms with Crippen molar-refractivity contribution in [3.63, 3.8) is 0 Å². The Balaban J connectivity index is 2.02. The summed E-state index contributed by atoms with van der Waals surface area (Å²) < 4.78 is 0. The zero-order valence-corrected chi connectivity index (χ0v) is 8.87. The van der Waals surface area contributed by atoms with Crippen LogP contribution in [-0.2, 0) is 0 Å². The molecule has 1 saturated heterocycles. The minimum absolute atomic E-state index is 0.489. The minimum Gasteiger partial charge on any atom is -0.354 e.